The van der Waals surface area contributed by atoms with Gasteiger partial charge in [-0.15, -0.1) is 0 Å². The molecule has 3 saturated carbocycles. The van der Waals surface area contributed by atoms with Crippen molar-refractivity contribution in [3.05, 3.63) is 0 Å². The molecule has 2 bridgehead atoms. The molecule has 0 aromatic heterocycles. The van der Waals surface area contributed by atoms with Crippen LogP contribution < -0.4 is 5.32 Å². The third-order valence-corrected chi connectivity index (χ3v) is 6.73. The topological polar surface area (TPSA) is 46.2 Å². The van der Waals surface area contributed by atoms with Crippen LogP contribution in [0.4, 0.5) is 0 Å². The molecule has 3 rings (SSSR count). The maximum Gasteiger partial charge on any atom is 0.223 e. The molecule has 3 aliphatic carbocycles. The summed E-state index contributed by atoms with van der Waals surface area (Å²) >= 11 is 0. The van der Waals surface area contributed by atoms with E-state index in [1.54, 1.807) is 0 Å². The molecular formula is C19H31NO2. The van der Waals surface area contributed by atoms with Crippen molar-refractivity contribution in [2.24, 2.45) is 29.6 Å². The summed E-state index contributed by atoms with van der Waals surface area (Å²) in [5.41, 5.74) is 0. The molecule has 3 aliphatic rings. The normalized spacial score (nSPS) is 35.2. The molecule has 1 unspecified atom stereocenters. The number of Topliss-reactive ketones (excluding diaryl/α,β-unsaturated/α-hetero) is 1. The number of amides is 1. The van der Waals surface area contributed by atoms with E-state index in [1.807, 2.05) is 0 Å². The third kappa shape index (κ3) is 3.23. The van der Waals surface area contributed by atoms with Gasteiger partial charge < -0.3 is 5.32 Å². The van der Waals surface area contributed by atoms with Crippen molar-refractivity contribution in [2.75, 3.05) is 0 Å². The summed E-state index contributed by atoms with van der Waals surface area (Å²) in [7, 11) is 0. The van der Waals surface area contributed by atoms with Crippen LogP contribution >= 0.6 is 0 Å². The lowest BCUT2D eigenvalue weighted by Gasteiger charge is -2.33. The Kier molecular flexibility index (Phi) is 4.89. The number of hydrogen-bond acceptors (Lipinski definition) is 2. The van der Waals surface area contributed by atoms with Gasteiger partial charge in [0.05, 0.1) is 0 Å². The molecule has 1 N–H and O–H groups in total. The summed E-state index contributed by atoms with van der Waals surface area (Å²) in [4.78, 5) is 24.6. The van der Waals surface area contributed by atoms with Gasteiger partial charge in [0, 0.05) is 23.8 Å². The second kappa shape index (κ2) is 6.72. The Hall–Kier alpha value is -0.860. The Morgan fingerprint density at radius 2 is 1.59 bits per heavy atom. The largest absolute Gasteiger partial charge is 0.353 e. The highest BCUT2D eigenvalue weighted by molar-refractivity contribution is 5.89. The SMILES string of the molecule is C[C@H](NC(=O)C1C[C@H]2CC[C@@H](C1)C2=O)[C@H](C)C1CCCCC1. The number of nitrogens with one attached hydrogen (secondary N) is 1. The van der Waals surface area contributed by atoms with E-state index in [0.29, 0.717) is 11.7 Å². The minimum Gasteiger partial charge on any atom is -0.353 e. The van der Waals surface area contributed by atoms with E-state index in [1.165, 1.54) is 32.1 Å². The highest BCUT2D eigenvalue weighted by atomic mass is 16.2. The first-order chi connectivity index (χ1) is 10.6. The van der Waals surface area contributed by atoms with E-state index in [4.69, 9.17) is 0 Å². The monoisotopic (exact) mass is 305 g/mol. The number of hydrogen-bond donors (Lipinski definition) is 1. The molecule has 0 spiro atoms. The molecule has 3 nitrogen and oxygen atoms in total. The van der Waals surface area contributed by atoms with Crippen LogP contribution in [0.3, 0.4) is 0 Å². The Bertz CT molecular complexity index is 411. The Balaban J connectivity index is 1.51. The van der Waals surface area contributed by atoms with E-state index in [2.05, 4.69) is 19.2 Å². The van der Waals surface area contributed by atoms with Crippen molar-refractivity contribution in [1.82, 2.24) is 5.32 Å². The predicted molar refractivity (Wildman–Crippen MR) is 87.3 cm³/mol. The quantitative estimate of drug-likeness (QED) is 0.860. The van der Waals surface area contributed by atoms with Crippen LogP contribution in [-0.4, -0.2) is 17.7 Å². The lowest BCUT2D eigenvalue weighted by atomic mass is 9.77. The fraction of sp³-hybridized carbons (Fsp3) is 0.895. The number of ketones is 1. The van der Waals surface area contributed by atoms with Crippen LogP contribution in [0.15, 0.2) is 0 Å². The number of carbonyl (C=O) groups is 2. The van der Waals surface area contributed by atoms with Crippen molar-refractivity contribution in [3.63, 3.8) is 0 Å². The highest BCUT2D eigenvalue weighted by Gasteiger charge is 2.43. The number of fused-ring (bicyclic) bond motifs is 2. The van der Waals surface area contributed by atoms with Gasteiger partial charge in [-0.2, -0.15) is 0 Å². The van der Waals surface area contributed by atoms with Gasteiger partial charge in [-0.1, -0.05) is 39.0 Å². The van der Waals surface area contributed by atoms with E-state index >= 15 is 0 Å². The molecule has 1 amide bonds. The first kappa shape index (κ1) is 16.0. The fourth-order valence-corrected chi connectivity index (χ4v) is 5.03. The Labute approximate surface area is 134 Å². The minimum atomic E-state index is 0.0798. The van der Waals surface area contributed by atoms with Gasteiger partial charge in [-0.25, -0.2) is 0 Å². The van der Waals surface area contributed by atoms with Crippen molar-refractivity contribution in [3.8, 4) is 0 Å². The molecule has 22 heavy (non-hydrogen) atoms. The van der Waals surface area contributed by atoms with Crippen molar-refractivity contribution >= 4 is 11.7 Å². The van der Waals surface area contributed by atoms with Gasteiger partial charge in [-0.3, -0.25) is 9.59 Å². The molecule has 0 aromatic carbocycles. The first-order valence-corrected chi connectivity index (χ1v) is 9.40. The van der Waals surface area contributed by atoms with E-state index in [0.717, 1.165) is 31.6 Å². The van der Waals surface area contributed by atoms with Crippen LogP contribution in [0.1, 0.15) is 71.6 Å². The molecule has 0 heterocycles. The van der Waals surface area contributed by atoms with Gasteiger partial charge in [0.15, 0.2) is 0 Å². The maximum atomic E-state index is 12.6. The summed E-state index contributed by atoms with van der Waals surface area (Å²) in [5.74, 6) is 2.42. The molecular weight excluding hydrogens is 274 g/mol. The second-order valence-corrected chi connectivity index (χ2v) is 8.10. The van der Waals surface area contributed by atoms with E-state index in [9.17, 15) is 9.59 Å². The second-order valence-electron chi connectivity index (χ2n) is 8.10. The maximum absolute atomic E-state index is 12.6. The van der Waals surface area contributed by atoms with E-state index in [-0.39, 0.29) is 29.7 Å². The summed E-state index contributed by atoms with van der Waals surface area (Å²) in [6.07, 6.45) is 10.4. The molecule has 3 fully saturated rings. The Morgan fingerprint density at radius 3 is 2.18 bits per heavy atom. The predicted octanol–water partition coefficient (Wildman–Crippen LogP) is 3.71. The van der Waals surface area contributed by atoms with Crippen LogP contribution in [-0.2, 0) is 9.59 Å². The van der Waals surface area contributed by atoms with Gasteiger partial charge in [0.25, 0.3) is 0 Å². The van der Waals surface area contributed by atoms with Gasteiger partial charge in [0.2, 0.25) is 5.91 Å². The summed E-state index contributed by atoms with van der Waals surface area (Å²) < 4.78 is 0. The summed E-state index contributed by atoms with van der Waals surface area (Å²) in [6.45, 7) is 4.47. The van der Waals surface area contributed by atoms with Crippen LogP contribution in [0, 0.1) is 29.6 Å². The Morgan fingerprint density at radius 1 is 1.00 bits per heavy atom. The smallest absolute Gasteiger partial charge is 0.223 e. The lowest BCUT2D eigenvalue weighted by molar-refractivity contribution is -0.132. The summed E-state index contributed by atoms with van der Waals surface area (Å²) in [6, 6.07) is 0.255. The third-order valence-electron chi connectivity index (χ3n) is 6.73. The van der Waals surface area contributed by atoms with Crippen molar-refractivity contribution < 1.29 is 9.59 Å². The fourth-order valence-electron chi connectivity index (χ4n) is 5.03. The zero-order chi connectivity index (χ0) is 15.7. The molecule has 5 atom stereocenters. The first-order valence-electron chi connectivity index (χ1n) is 9.40. The van der Waals surface area contributed by atoms with E-state index < -0.39 is 0 Å². The molecule has 0 aromatic rings. The number of carbonyl (C=O) groups excluding carboxylic acids is 2. The van der Waals surface area contributed by atoms with Crippen molar-refractivity contribution in [1.29, 1.82) is 0 Å². The van der Waals surface area contributed by atoms with Crippen LogP contribution in [0.25, 0.3) is 0 Å². The van der Waals surface area contributed by atoms with Crippen LogP contribution in [0.2, 0.25) is 0 Å². The molecule has 124 valence electrons. The van der Waals surface area contributed by atoms with Crippen LogP contribution in [0.5, 0.6) is 0 Å². The average Bonchev–Trinajstić information content (AvgIpc) is 2.76. The standard InChI is InChI=1S/C19H31NO2/c1-12(14-6-4-3-5-7-14)13(2)20-19(22)17-10-15-8-9-16(11-17)18(15)21/h12-17H,3-11H2,1-2H3,(H,20,22)/t12-,13-,15-,16+,17?/m0/s1. The molecule has 0 aliphatic heterocycles. The molecule has 0 saturated heterocycles. The lowest BCUT2D eigenvalue weighted by Crippen LogP contribution is -2.45. The minimum absolute atomic E-state index is 0.0798. The zero-order valence-corrected chi connectivity index (χ0v) is 14.1. The van der Waals surface area contributed by atoms with Gasteiger partial charge in [-0.05, 0) is 44.4 Å². The average molecular weight is 305 g/mol. The molecule has 3 heteroatoms. The summed E-state index contributed by atoms with van der Waals surface area (Å²) in [5, 5.41) is 3.28. The van der Waals surface area contributed by atoms with Gasteiger partial charge in [0.1, 0.15) is 5.78 Å². The molecule has 0 radical (unpaired) electrons. The van der Waals surface area contributed by atoms with Crippen molar-refractivity contribution in [2.45, 2.75) is 77.7 Å². The zero-order valence-electron chi connectivity index (χ0n) is 14.1. The number of rotatable bonds is 4. The van der Waals surface area contributed by atoms with Gasteiger partial charge >= 0.3 is 0 Å². The highest BCUT2D eigenvalue weighted by Crippen LogP contribution is 2.42.